The standard InChI is InChI=1S/C20H22N2O4/c1-14-17(20(24)22-9-11-26-12-10-22)7-4-8-18(14)21-19(23)15-5-3-6-16(13-15)25-2/h3-8,13H,9-12H2,1-2H3,(H,21,23). The number of nitrogens with one attached hydrogen (secondary N) is 1. The number of ether oxygens (including phenoxy) is 2. The fourth-order valence-corrected chi connectivity index (χ4v) is 2.90. The van der Waals surface area contributed by atoms with E-state index in [4.69, 9.17) is 9.47 Å². The number of rotatable bonds is 4. The summed E-state index contributed by atoms with van der Waals surface area (Å²) in [7, 11) is 1.56. The molecule has 1 aliphatic heterocycles. The molecule has 0 radical (unpaired) electrons. The minimum absolute atomic E-state index is 0.0386. The van der Waals surface area contributed by atoms with Gasteiger partial charge in [-0.15, -0.1) is 0 Å². The van der Waals surface area contributed by atoms with E-state index < -0.39 is 0 Å². The number of methoxy groups -OCH3 is 1. The summed E-state index contributed by atoms with van der Waals surface area (Å²) in [6.45, 7) is 4.11. The van der Waals surface area contributed by atoms with Crippen LogP contribution in [0.5, 0.6) is 5.75 Å². The summed E-state index contributed by atoms with van der Waals surface area (Å²) in [6.07, 6.45) is 0. The maximum atomic E-state index is 12.8. The summed E-state index contributed by atoms with van der Waals surface area (Å²) in [6, 6.07) is 12.3. The summed E-state index contributed by atoms with van der Waals surface area (Å²) in [5, 5.41) is 2.89. The average Bonchev–Trinajstić information content (AvgIpc) is 2.69. The van der Waals surface area contributed by atoms with Gasteiger partial charge in [-0.1, -0.05) is 12.1 Å². The van der Waals surface area contributed by atoms with Crippen LogP contribution < -0.4 is 10.1 Å². The van der Waals surface area contributed by atoms with Crippen molar-refractivity contribution in [3.8, 4) is 5.75 Å². The summed E-state index contributed by atoms with van der Waals surface area (Å²) >= 11 is 0. The number of hydrogen-bond donors (Lipinski definition) is 1. The highest BCUT2D eigenvalue weighted by Crippen LogP contribution is 2.22. The molecule has 2 amide bonds. The lowest BCUT2D eigenvalue weighted by molar-refractivity contribution is 0.0302. The second-order valence-electron chi connectivity index (χ2n) is 6.07. The van der Waals surface area contributed by atoms with E-state index in [1.54, 1.807) is 54.5 Å². The van der Waals surface area contributed by atoms with Gasteiger partial charge < -0.3 is 19.7 Å². The Morgan fingerprint density at radius 2 is 1.85 bits per heavy atom. The van der Waals surface area contributed by atoms with Gasteiger partial charge in [0.2, 0.25) is 0 Å². The molecule has 1 N–H and O–H groups in total. The highest BCUT2D eigenvalue weighted by atomic mass is 16.5. The first-order chi connectivity index (χ1) is 12.6. The maximum Gasteiger partial charge on any atom is 0.255 e. The topological polar surface area (TPSA) is 67.9 Å². The van der Waals surface area contributed by atoms with Crippen molar-refractivity contribution in [1.82, 2.24) is 4.90 Å². The number of carbonyl (C=O) groups excluding carboxylic acids is 2. The molecule has 0 unspecified atom stereocenters. The van der Waals surface area contributed by atoms with E-state index in [-0.39, 0.29) is 11.8 Å². The smallest absolute Gasteiger partial charge is 0.255 e. The Morgan fingerprint density at radius 1 is 1.12 bits per heavy atom. The average molecular weight is 354 g/mol. The normalized spacial score (nSPS) is 14.0. The van der Waals surface area contributed by atoms with Gasteiger partial charge in [0.05, 0.1) is 20.3 Å². The zero-order valence-corrected chi connectivity index (χ0v) is 15.0. The SMILES string of the molecule is COc1cccc(C(=O)Nc2cccc(C(=O)N3CCOCC3)c2C)c1. The Morgan fingerprint density at radius 3 is 2.58 bits per heavy atom. The molecule has 0 atom stereocenters. The third-order valence-electron chi connectivity index (χ3n) is 4.44. The Kier molecular flexibility index (Phi) is 5.53. The molecule has 3 rings (SSSR count). The van der Waals surface area contributed by atoms with E-state index in [1.807, 2.05) is 6.92 Å². The van der Waals surface area contributed by atoms with Gasteiger partial charge in [-0.2, -0.15) is 0 Å². The highest BCUT2D eigenvalue weighted by Gasteiger charge is 2.21. The zero-order valence-electron chi connectivity index (χ0n) is 15.0. The molecule has 0 aromatic heterocycles. The van der Waals surface area contributed by atoms with Crippen molar-refractivity contribution in [2.45, 2.75) is 6.92 Å². The lowest BCUT2D eigenvalue weighted by Gasteiger charge is -2.27. The molecule has 6 nitrogen and oxygen atoms in total. The van der Waals surface area contributed by atoms with Crippen molar-refractivity contribution < 1.29 is 19.1 Å². The van der Waals surface area contributed by atoms with Crippen LogP contribution in [-0.4, -0.2) is 50.1 Å². The zero-order chi connectivity index (χ0) is 18.5. The summed E-state index contributed by atoms with van der Waals surface area (Å²) < 4.78 is 10.5. The largest absolute Gasteiger partial charge is 0.497 e. The minimum Gasteiger partial charge on any atom is -0.497 e. The number of hydrogen-bond acceptors (Lipinski definition) is 4. The molecule has 1 aliphatic rings. The van der Waals surface area contributed by atoms with Crippen LogP contribution >= 0.6 is 0 Å². The van der Waals surface area contributed by atoms with Crippen molar-refractivity contribution in [3.63, 3.8) is 0 Å². The lowest BCUT2D eigenvalue weighted by Crippen LogP contribution is -2.41. The van der Waals surface area contributed by atoms with Crippen LogP contribution in [0.15, 0.2) is 42.5 Å². The third kappa shape index (κ3) is 3.86. The van der Waals surface area contributed by atoms with Crippen LogP contribution in [0.1, 0.15) is 26.3 Å². The molecule has 2 aromatic carbocycles. The monoisotopic (exact) mass is 354 g/mol. The molecule has 0 bridgehead atoms. The highest BCUT2D eigenvalue weighted by molar-refractivity contribution is 6.06. The number of anilines is 1. The van der Waals surface area contributed by atoms with Gasteiger partial charge in [-0.05, 0) is 42.8 Å². The second kappa shape index (κ2) is 8.01. The van der Waals surface area contributed by atoms with Crippen molar-refractivity contribution in [2.24, 2.45) is 0 Å². The predicted octanol–water partition coefficient (Wildman–Crippen LogP) is 2.73. The summed E-state index contributed by atoms with van der Waals surface area (Å²) in [5.41, 5.74) is 2.46. The molecule has 6 heteroatoms. The molecule has 1 fully saturated rings. The molecule has 0 saturated carbocycles. The lowest BCUT2D eigenvalue weighted by atomic mass is 10.0. The number of nitrogens with zero attached hydrogens (tertiary/aromatic N) is 1. The quantitative estimate of drug-likeness (QED) is 0.917. The number of morpholine rings is 1. The van der Waals surface area contributed by atoms with E-state index in [9.17, 15) is 9.59 Å². The van der Waals surface area contributed by atoms with Gasteiger partial charge in [-0.25, -0.2) is 0 Å². The molecule has 0 aliphatic carbocycles. The van der Waals surface area contributed by atoms with Crippen molar-refractivity contribution >= 4 is 17.5 Å². The first-order valence-corrected chi connectivity index (χ1v) is 8.52. The van der Waals surface area contributed by atoms with Gasteiger partial charge in [0.25, 0.3) is 11.8 Å². The van der Waals surface area contributed by atoms with Crippen LogP contribution in [-0.2, 0) is 4.74 Å². The van der Waals surface area contributed by atoms with Crippen molar-refractivity contribution in [2.75, 3.05) is 38.7 Å². The van der Waals surface area contributed by atoms with Crippen LogP contribution in [0.25, 0.3) is 0 Å². The molecule has 0 spiro atoms. The molecule has 26 heavy (non-hydrogen) atoms. The van der Waals surface area contributed by atoms with Gasteiger partial charge >= 0.3 is 0 Å². The predicted molar refractivity (Wildman–Crippen MR) is 98.8 cm³/mol. The maximum absolute atomic E-state index is 12.8. The molecule has 136 valence electrons. The Hall–Kier alpha value is -2.86. The fourth-order valence-electron chi connectivity index (χ4n) is 2.90. The molecule has 1 heterocycles. The van der Waals surface area contributed by atoms with Crippen molar-refractivity contribution in [1.29, 1.82) is 0 Å². The molecule has 2 aromatic rings. The van der Waals surface area contributed by atoms with Crippen LogP contribution in [0.2, 0.25) is 0 Å². The minimum atomic E-state index is -0.247. The van der Waals surface area contributed by atoms with Gasteiger partial charge in [0.15, 0.2) is 0 Å². The number of amides is 2. The molecular weight excluding hydrogens is 332 g/mol. The molecule has 1 saturated heterocycles. The van der Waals surface area contributed by atoms with E-state index in [0.29, 0.717) is 48.9 Å². The third-order valence-corrected chi connectivity index (χ3v) is 4.44. The Balaban J connectivity index is 1.80. The first-order valence-electron chi connectivity index (χ1n) is 8.52. The van der Waals surface area contributed by atoms with Crippen LogP contribution in [0.4, 0.5) is 5.69 Å². The van der Waals surface area contributed by atoms with E-state index in [0.717, 1.165) is 5.56 Å². The number of carbonyl (C=O) groups is 2. The van der Waals surface area contributed by atoms with Crippen LogP contribution in [0, 0.1) is 6.92 Å². The van der Waals surface area contributed by atoms with Gasteiger partial charge in [-0.3, -0.25) is 9.59 Å². The van der Waals surface area contributed by atoms with E-state index in [2.05, 4.69) is 5.32 Å². The van der Waals surface area contributed by atoms with E-state index >= 15 is 0 Å². The summed E-state index contributed by atoms with van der Waals surface area (Å²) in [4.78, 5) is 27.1. The molecular formula is C20H22N2O4. The van der Waals surface area contributed by atoms with Crippen molar-refractivity contribution in [3.05, 3.63) is 59.2 Å². The van der Waals surface area contributed by atoms with E-state index in [1.165, 1.54) is 0 Å². The van der Waals surface area contributed by atoms with Gasteiger partial charge in [0.1, 0.15) is 5.75 Å². The number of benzene rings is 2. The van der Waals surface area contributed by atoms with Gasteiger partial charge in [0, 0.05) is 29.9 Å². The Labute approximate surface area is 152 Å². The van der Waals surface area contributed by atoms with Crippen LogP contribution in [0.3, 0.4) is 0 Å². The fraction of sp³-hybridized carbons (Fsp3) is 0.300. The second-order valence-corrected chi connectivity index (χ2v) is 6.07. The first kappa shape index (κ1) is 17.9. The Bertz CT molecular complexity index is 813. The summed E-state index contributed by atoms with van der Waals surface area (Å²) in [5.74, 6) is 0.330.